The number of anilines is 1. The predicted octanol–water partition coefficient (Wildman–Crippen LogP) is 1.73. The molecule has 0 aromatic carbocycles. The van der Waals surface area contributed by atoms with Crippen LogP contribution >= 0.6 is 0 Å². The Bertz CT molecular complexity index is 516. The molecule has 3 rings (SSSR count). The van der Waals surface area contributed by atoms with Crippen LogP contribution in [0.3, 0.4) is 0 Å². The quantitative estimate of drug-likeness (QED) is 0.818. The molecule has 1 aromatic rings. The van der Waals surface area contributed by atoms with E-state index in [2.05, 4.69) is 45.6 Å². The van der Waals surface area contributed by atoms with Gasteiger partial charge in [0.05, 0.1) is 19.0 Å². The van der Waals surface area contributed by atoms with Crippen LogP contribution in [0.25, 0.3) is 0 Å². The second-order valence-electron chi connectivity index (χ2n) is 7.50. The Morgan fingerprint density at radius 3 is 2.67 bits per heavy atom. The number of likely N-dealkylation sites (tertiary alicyclic amines) is 1. The molecule has 2 aliphatic heterocycles. The molecule has 0 radical (unpaired) electrons. The highest BCUT2D eigenvalue weighted by atomic mass is 16.5. The van der Waals surface area contributed by atoms with Gasteiger partial charge in [0.15, 0.2) is 5.82 Å². The average molecular weight is 333 g/mol. The molecule has 2 saturated heterocycles. The molecule has 0 aliphatic carbocycles. The Kier molecular flexibility index (Phi) is 5.89. The highest BCUT2D eigenvalue weighted by molar-refractivity contribution is 5.38. The van der Waals surface area contributed by atoms with Crippen molar-refractivity contribution in [1.29, 1.82) is 0 Å². The number of likely N-dealkylation sites (N-methyl/N-ethyl adjacent to an activating group) is 1. The second kappa shape index (κ2) is 8.12. The molecule has 134 valence electrons. The number of ether oxygens (including phenoxy) is 1. The third-order valence-electron chi connectivity index (χ3n) is 4.92. The number of nitrogens with zero attached hydrogens (tertiary/aromatic N) is 5. The molecule has 1 atom stereocenters. The summed E-state index contributed by atoms with van der Waals surface area (Å²) in [6.45, 7) is 11.7. The Balaban J connectivity index is 1.53. The van der Waals surface area contributed by atoms with Crippen molar-refractivity contribution < 1.29 is 4.74 Å². The van der Waals surface area contributed by atoms with Crippen molar-refractivity contribution in [2.75, 3.05) is 57.8 Å². The molecule has 0 N–H and O–H groups in total. The van der Waals surface area contributed by atoms with Crippen LogP contribution < -0.4 is 9.64 Å². The Labute approximate surface area is 145 Å². The highest BCUT2D eigenvalue weighted by Gasteiger charge is 2.27. The van der Waals surface area contributed by atoms with Gasteiger partial charge in [-0.15, -0.1) is 0 Å². The van der Waals surface area contributed by atoms with Gasteiger partial charge in [-0.25, -0.2) is 0 Å². The zero-order valence-electron chi connectivity index (χ0n) is 15.3. The van der Waals surface area contributed by atoms with Crippen molar-refractivity contribution in [3.8, 4) is 5.88 Å². The molecule has 2 fully saturated rings. The van der Waals surface area contributed by atoms with Crippen LogP contribution in [0.15, 0.2) is 12.4 Å². The van der Waals surface area contributed by atoms with Gasteiger partial charge in [0, 0.05) is 38.8 Å². The number of piperazine rings is 1. The van der Waals surface area contributed by atoms with Crippen LogP contribution in [0.5, 0.6) is 5.88 Å². The third-order valence-corrected chi connectivity index (χ3v) is 4.92. The first kappa shape index (κ1) is 17.4. The van der Waals surface area contributed by atoms with E-state index in [-0.39, 0.29) is 0 Å². The van der Waals surface area contributed by atoms with Gasteiger partial charge in [-0.1, -0.05) is 13.8 Å². The zero-order chi connectivity index (χ0) is 16.9. The van der Waals surface area contributed by atoms with E-state index in [1.165, 1.54) is 25.9 Å². The van der Waals surface area contributed by atoms with Crippen molar-refractivity contribution >= 4 is 5.82 Å². The minimum absolute atomic E-state index is 0.493. The lowest BCUT2D eigenvalue weighted by Crippen LogP contribution is -2.54. The number of piperidine rings is 1. The molecule has 0 amide bonds. The monoisotopic (exact) mass is 333 g/mol. The van der Waals surface area contributed by atoms with Crippen LogP contribution in [-0.2, 0) is 0 Å². The maximum Gasteiger partial charge on any atom is 0.234 e. The fourth-order valence-corrected chi connectivity index (χ4v) is 3.57. The first-order chi connectivity index (χ1) is 11.6. The first-order valence-electron chi connectivity index (χ1n) is 9.24. The second-order valence-corrected chi connectivity index (χ2v) is 7.50. The number of aromatic nitrogens is 2. The Hall–Kier alpha value is -1.40. The van der Waals surface area contributed by atoms with E-state index < -0.39 is 0 Å². The fourth-order valence-electron chi connectivity index (χ4n) is 3.57. The van der Waals surface area contributed by atoms with Gasteiger partial charge in [0.1, 0.15) is 0 Å². The molecule has 24 heavy (non-hydrogen) atoms. The summed E-state index contributed by atoms with van der Waals surface area (Å²) in [4.78, 5) is 16.4. The maximum atomic E-state index is 5.71. The van der Waals surface area contributed by atoms with Crippen LogP contribution in [0.2, 0.25) is 0 Å². The van der Waals surface area contributed by atoms with Crippen molar-refractivity contribution in [1.82, 2.24) is 19.8 Å². The van der Waals surface area contributed by atoms with Crippen molar-refractivity contribution in [3.63, 3.8) is 0 Å². The van der Waals surface area contributed by atoms with Gasteiger partial charge >= 0.3 is 0 Å². The average Bonchev–Trinajstić information content (AvgIpc) is 2.60. The van der Waals surface area contributed by atoms with E-state index in [1.54, 1.807) is 6.20 Å². The van der Waals surface area contributed by atoms with Gasteiger partial charge in [0.2, 0.25) is 5.88 Å². The molecule has 6 nitrogen and oxygen atoms in total. The summed E-state index contributed by atoms with van der Waals surface area (Å²) < 4.78 is 5.71. The molecule has 1 aromatic heterocycles. The van der Waals surface area contributed by atoms with E-state index in [4.69, 9.17) is 4.74 Å². The van der Waals surface area contributed by atoms with E-state index in [0.29, 0.717) is 18.4 Å². The lowest BCUT2D eigenvalue weighted by Gasteiger charge is -2.42. The van der Waals surface area contributed by atoms with Crippen molar-refractivity contribution in [2.24, 2.45) is 5.92 Å². The minimum atomic E-state index is 0.493. The molecule has 0 saturated carbocycles. The van der Waals surface area contributed by atoms with E-state index in [9.17, 15) is 0 Å². The van der Waals surface area contributed by atoms with Crippen LogP contribution in [-0.4, -0.2) is 78.7 Å². The third kappa shape index (κ3) is 4.57. The molecule has 0 spiro atoms. The van der Waals surface area contributed by atoms with Gasteiger partial charge < -0.3 is 14.5 Å². The Morgan fingerprint density at radius 2 is 1.96 bits per heavy atom. The van der Waals surface area contributed by atoms with Crippen molar-refractivity contribution in [2.45, 2.75) is 32.7 Å². The normalized spacial score (nSPS) is 23.7. The van der Waals surface area contributed by atoms with Crippen LogP contribution in [0, 0.1) is 5.92 Å². The van der Waals surface area contributed by atoms with Gasteiger partial charge in [-0.05, 0) is 32.4 Å². The van der Waals surface area contributed by atoms with Crippen LogP contribution in [0.4, 0.5) is 5.82 Å². The van der Waals surface area contributed by atoms with E-state index in [0.717, 1.165) is 38.0 Å². The Morgan fingerprint density at radius 1 is 1.17 bits per heavy atom. The first-order valence-corrected chi connectivity index (χ1v) is 9.24. The molecular weight excluding hydrogens is 302 g/mol. The maximum absolute atomic E-state index is 5.71. The molecule has 1 unspecified atom stereocenters. The minimum Gasteiger partial charge on any atom is -0.476 e. The van der Waals surface area contributed by atoms with Gasteiger partial charge in [-0.3, -0.25) is 9.88 Å². The zero-order valence-corrected chi connectivity index (χ0v) is 15.3. The SMILES string of the molecule is CC(C)COc1cncc(N2CCN(C3CCCN(C)C3)CC2)n1. The number of hydrogen-bond acceptors (Lipinski definition) is 6. The lowest BCUT2D eigenvalue weighted by molar-refractivity contribution is 0.106. The largest absolute Gasteiger partial charge is 0.476 e. The summed E-state index contributed by atoms with van der Waals surface area (Å²) >= 11 is 0. The summed E-state index contributed by atoms with van der Waals surface area (Å²) in [6.07, 6.45) is 6.22. The molecule has 0 bridgehead atoms. The fraction of sp³-hybridized carbons (Fsp3) is 0.778. The summed E-state index contributed by atoms with van der Waals surface area (Å²) in [6, 6.07) is 0.720. The standard InChI is InChI=1S/C18H31N5O/c1-15(2)14-24-18-12-19-11-17(20-18)23-9-7-22(8-10-23)16-5-4-6-21(3)13-16/h11-12,15-16H,4-10,13-14H2,1-3H3. The smallest absolute Gasteiger partial charge is 0.234 e. The molecule has 2 aliphatic rings. The summed E-state index contributed by atoms with van der Waals surface area (Å²) in [7, 11) is 2.24. The summed E-state index contributed by atoms with van der Waals surface area (Å²) in [5, 5.41) is 0. The van der Waals surface area contributed by atoms with Gasteiger partial charge in [0.25, 0.3) is 0 Å². The highest BCUT2D eigenvalue weighted by Crippen LogP contribution is 2.20. The van der Waals surface area contributed by atoms with E-state index >= 15 is 0 Å². The van der Waals surface area contributed by atoms with Crippen molar-refractivity contribution in [3.05, 3.63) is 12.4 Å². The lowest BCUT2D eigenvalue weighted by atomic mass is 10.0. The summed E-state index contributed by atoms with van der Waals surface area (Å²) in [5.41, 5.74) is 0. The molecule has 6 heteroatoms. The number of rotatable bonds is 5. The van der Waals surface area contributed by atoms with Crippen LogP contribution in [0.1, 0.15) is 26.7 Å². The molecular formula is C18H31N5O. The number of hydrogen-bond donors (Lipinski definition) is 0. The van der Waals surface area contributed by atoms with E-state index in [1.807, 2.05) is 6.20 Å². The summed E-state index contributed by atoms with van der Waals surface area (Å²) in [5.74, 6) is 2.07. The topological polar surface area (TPSA) is 44.7 Å². The molecule has 3 heterocycles. The predicted molar refractivity (Wildman–Crippen MR) is 96.7 cm³/mol. The van der Waals surface area contributed by atoms with Gasteiger partial charge in [-0.2, -0.15) is 4.98 Å².